The molecule has 3 aromatic rings. The van der Waals surface area contributed by atoms with Gasteiger partial charge in [-0.25, -0.2) is 9.97 Å². The van der Waals surface area contributed by atoms with Crippen molar-refractivity contribution in [1.82, 2.24) is 15.3 Å². The standard InChI is InChI=1S/C25H30N4O3S2/c1-5-10-18(28-22(32)20(30)25(2,3)4)21(31)29-24-27-15-19(34-24)17-13-9-14-26-23(17)33-16-11-7-6-8-12-16/h6-9,11-15,18,20,30H,5,10H2,1-4H3,(H,28,32)(H,27,29,31)/t18-,20+/m0/s1. The maximum absolute atomic E-state index is 12.9. The van der Waals surface area contributed by atoms with Gasteiger partial charge >= 0.3 is 0 Å². The Bertz CT molecular complexity index is 1110. The largest absolute Gasteiger partial charge is 0.383 e. The zero-order valence-electron chi connectivity index (χ0n) is 19.7. The van der Waals surface area contributed by atoms with Crippen LogP contribution in [-0.4, -0.2) is 39.0 Å². The predicted molar refractivity (Wildman–Crippen MR) is 137 cm³/mol. The van der Waals surface area contributed by atoms with Gasteiger partial charge in [0.2, 0.25) is 11.8 Å². The number of carbonyl (C=O) groups excluding carboxylic acids is 2. The number of hydrogen-bond donors (Lipinski definition) is 3. The Hall–Kier alpha value is -2.75. The van der Waals surface area contributed by atoms with Gasteiger partial charge < -0.3 is 15.7 Å². The highest BCUT2D eigenvalue weighted by Gasteiger charge is 2.32. The molecule has 180 valence electrons. The van der Waals surface area contributed by atoms with Crippen LogP contribution in [0.15, 0.2) is 64.8 Å². The van der Waals surface area contributed by atoms with Crippen LogP contribution < -0.4 is 10.6 Å². The Morgan fingerprint density at radius 1 is 1.09 bits per heavy atom. The van der Waals surface area contributed by atoms with E-state index >= 15 is 0 Å². The lowest BCUT2D eigenvalue weighted by Gasteiger charge is -2.26. The number of anilines is 1. The second-order valence-corrected chi connectivity index (χ2v) is 11.0. The number of aliphatic hydroxyl groups is 1. The molecule has 0 unspecified atom stereocenters. The highest BCUT2D eigenvalue weighted by Crippen LogP contribution is 2.37. The molecule has 0 fully saturated rings. The summed E-state index contributed by atoms with van der Waals surface area (Å²) in [5.41, 5.74) is 0.307. The van der Waals surface area contributed by atoms with Gasteiger partial charge in [0, 0.05) is 22.9 Å². The normalized spacial score (nSPS) is 13.2. The molecule has 3 N–H and O–H groups in total. The summed E-state index contributed by atoms with van der Waals surface area (Å²) in [6.45, 7) is 7.24. The summed E-state index contributed by atoms with van der Waals surface area (Å²) in [5.74, 6) is -0.916. The van der Waals surface area contributed by atoms with Crippen LogP contribution in [0.4, 0.5) is 5.13 Å². The number of nitrogens with one attached hydrogen (secondary N) is 2. The minimum absolute atomic E-state index is 0.359. The molecular formula is C25H30N4O3S2. The van der Waals surface area contributed by atoms with E-state index < -0.39 is 23.5 Å². The number of aliphatic hydroxyl groups excluding tert-OH is 1. The van der Waals surface area contributed by atoms with Crippen LogP contribution in [0.5, 0.6) is 0 Å². The lowest BCUT2D eigenvalue weighted by atomic mass is 9.88. The maximum atomic E-state index is 12.9. The first-order valence-corrected chi connectivity index (χ1v) is 12.8. The number of thiazole rings is 1. The summed E-state index contributed by atoms with van der Waals surface area (Å²) >= 11 is 2.91. The average molecular weight is 499 g/mol. The Labute approximate surface area is 208 Å². The van der Waals surface area contributed by atoms with E-state index in [-0.39, 0.29) is 5.91 Å². The summed E-state index contributed by atoms with van der Waals surface area (Å²) in [5, 5.41) is 17.0. The maximum Gasteiger partial charge on any atom is 0.250 e. The van der Waals surface area contributed by atoms with Crippen LogP contribution in [0.25, 0.3) is 10.4 Å². The molecule has 2 aromatic heterocycles. The fourth-order valence-corrected chi connectivity index (χ4v) is 4.94. The Morgan fingerprint density at radius 3 is 2.50 bits per heavy atom. The van der Waals surface area contributed by atoms with Crippen LogP contribution in [0.1, 0.15) is 40.5 Å². The number of nitrogens with zero attached hydrogens (tertiary/aromatic N) is 2. The highest BCUT2D eigenvalue weighted by atomic mass is 32.2. The lowest BCUT2D eigenvalue weighted by molar-refractivity contribution is -0.137. The van der Waals surface area contributed by atoms with Crippen LogP contribution >= 0.6 is 23.1 Å². The zero-order valence-corrected chi connectivity index (χ0v) is 21.4. The van der Waals surface area contributed by atoms with Gasteiger partial charge in [-0.15, -0.1) is 0 Å². The molecule has 3 rings (SSSR count). The lowest BCUT2D eigenvalue weighted by Crippen LogP contribution is -2.50. The van der Waals surface area contributed by atoms with Crippen molar-refractivity contribution >= 4 is 40.0 Å². The fraction of sp³-hybridized carbons (Fsp3) is 0.360. The molecule has 9 heteroatoms. The van der Waals surface area contributed by atoms with Crippen molar-refractivity contribution in [2.45, 2.75) is 62.6 Å². The SMILES string of the molecule is CCC[C@H](NC(=O)[C@@H](O)C(C)(C)C)C(=O)Nc1ncc(-c2cccnc2Sc2ccccc2)s1. The van der Waals surface area contributed by atoms with Crippen LogP contribution in [0.2, 0.25) is 0 Å². The molecule has 34 heavy (non-hydrogen) atoms. The van der Waals surface area contributed by atoms with E-state index in [1.54, 1.807) is 44.9 Å². The minimum Gasteiger partial charge on any atom is -0.383 e. The van der Waals surface area contributed by atoms with Crippen LogP contribution in [0, 0.1) is 5.41 Å². The fourth-order valence-electron chi connectivity index (χ4n) is 3.11. The van der Waals surface area contributed by atoms with E-state index in [0.717, 1.165) is 20.4 Å². The third-order valence-corrected chi connectivity index (χ3v) is 6.98. The first-order chi connectivity index (χ1) is 16.2. The highest BCUT2D eigenvalue weighted by molar-refractivity contribution is 7.99. The summed E-state index contributed by atoms with van der Waals surface area (Å²) in [7, 11) is 0. The van der Waals surface area contributed by atoms with Gasteiger partial charge in [0.05, 0.1) is 4.88 Å². The second-order valence-electron chi connectivity index (χ2n) is 8.91. The van der Waals surface area contributed by atoms with E-state index in [4.69, 9.17) is 0 Å². The van der Waals surface area contributed by atoms with Crippen LogP contribution in [0.3, 0.4) is 0 Å². The van der Waals surface area contributed by atoms with Gasteiger partial charge in [-0.05, 0) is 36.1 Å². The number of hydrogen-bond acceptors (Lipinski definition) is 7. The molecule has 0 bridgehead atoms. The first-order valence-electron chi connectivity index (χ1n) is 11.1. The van der Waals surface area contributed by atoms with Gasteiger partial charge in [0.1, 0.15) is 17.2 Å². The number of carbonyl (C=O) groups is 2. The van der Waals surface area contributed by atoms with E-state index in [1.165, 1.54) is 11.3 Å². The van der Waals surface area contributed by atoms with Gasteiger partial charge in [-0.3, -0.25) is 9.59 Å². The quantitative estimate of drug-likeness (QED) is 0.384. The molecule has 2 amide bonds. The molecule has 2 heterocycles. The van der Waals surface area contributed by atoms with Crippen molar-refractivity contribution in [3.8, 4) is 10.4 Å². The van der Waals surface area contributed by atoms with Crippen molar-refractivity contribution < 1.29 is 14.7 Å². The predicted octanol–water partition coefficient (Wildman–Crippen LogP) is 4.99. The molecule has 0 aliphatic carbocycles. The molecule has 0 saturated heterocycles. The van der Waals surface area contributed by atoms with Crippen molar-refractivity contribution in [2.24, 2.45) is 5.41 Å². The number of aromatic nitrogens is 2. The summed E-state index contributed by atoms with van der Waals surface area (Å²) in [6.07, 6.45) is 3.40. The third kappa shape index (κ3) is 6.88. The molecule has 7 nitrogen and oxygen atoms in total. The molecule has 0 radical (unpaired) electrons. The molecule has 2 atom stereocenters. The summed E-state index contributed by atoms with van der Waals surface area (Å²) in [6, 6.07) is 13.1. The Kier molecular flexibility index (Phi) is 8.82. The molecule has 1 aromatic carbocycles. The average Bonchev–Trinajstić information content (AvgIpc) is 3.26. The van der Waals surface area contributed by atoms with E-state index in [1.807, 2.05) is 49.4 Å². The molecule has 0 saturated carbocycles. The Morgan fingerprint density at radius 2 is 1.82 bits per heavy atom. The van der Waals surface area contributed by atoms with Crippen LogP contribution in [-0.2, 0) is 9.59 Å². The zero-order chi connectivity index (χ0) is 24.7. The smallest absolute Gasteiger partial charge is 0.250 e. The minimum atomic E-state index is -1.21. The van der Waals surface area contributed by atoms with E-state index in [9.17, 15) is 14.7 Å². The van der Waals surface area contributed by atoms with Crippen molar-refractivity contribution in [3.63, 3.8) is 0 Å². The molecule has 0 spiro atoms. The third-order valence-electron chi connectivity index (χ3n) is 5.01. The number of rotatable bonds is 9. The first kappa shape index (κ1) is 25.9. The molecule has 0 aliphatic heterocycles. The summed E-state index contributed by atoms with van der Waals surface area (Å²) < 4.78 is 0. The number of amides is 2. The van der Waals surface area contributed by atoms with Gasteiger partial charge in [0.25, 0.3) is 0 Å². The van der Waals surface area contributed by atoms with Gasteiger partial charge in [0.15, 0.2) is 5.13 Å². The molecule has 0 aliphatic rings. The van der Waals surface area contributed by atoms with Gasteiger partial charge in [-0.1, -0.05) is 75.4 Å². The van der Waals surface area contributed by atoms with E-state index in [0.29, 0.717) is 18.0 Å². The van der Waals surface area contributed by atoms with Gasteiger partial charge in [-0.2, -0.15) is 0 Å². The topological polar surface area (TPSA) is 104 Å². The monoisotopic (exact) mass is 498 g/mol. The van der Waals surface area contributed by atoms with Crippen molar-refractivity contribution in [3.05, 3.63) is 54.9 Å². The second kappa shape index (κ2) is 11.6. The van der Waals surface area contributed by atoms with E-state index in [2.05, 4.69) is 20.6 Å². The number of pyridine rings is 1. The number of benzene rings is 1. The van der Waals surface area contributed by atoms with Crippen molar-refractivity contribution in [1.29, 1.82) is 0 Å². The summed E-state index contributed by atoms with van der Waals surface area (Å²) in [4.78, 5) is 36.2. The molecular weight excluding hydrogens is 468 g/mol. The van der Waals surface area contributed by atoms with Crippen molar-refractivity contribution in [2.75, 3.05) is 5.32 Å². The Balaban J connectivity index is 1.72.